The third-order valence-electron chi connectivity index (χ3n) is 10.4. The van der Waals surface area contributed by atoms with E-state index in [2.05, 4.69) is 170 Å². The highest BCUT2D eigenvalue weighted by Gasteiger charge is 2.49. The Morgan fingerprint density at radius 1 is 0.458 bits per heavy atom. The van der Waals surface area contributed by atoms with Crippen molar-refractivity contribution in [1.29, 1.82) is 0 Å². The van der Waals surface area contributed by atoms with Crippen LogP contribution in [-0.4, -0.2) is 14.8 Å². The van der Waals surface area contributed by atoms with Crippen molar-refractivity contribution in [3.05, 3.63) is 169 Å². The Kier molecular flexibility index (Phi) is 5.90. The molecule has 48 heavy (non-hydrogen) atoms. The minimum Gasteiger partial charge on any atom is -0.458 e. The Hall–Kier alpha value is -5.78. The molecule has 0 aliphatic carbocycles. The number of nitrogens with zero attached hydrogens (tertiary/aromatic N) is 1. The topological polar surface area (TPSA) is 21.7 Å². The summed E-state index contributed by atoms with van der Waals surface area (Å²) in [5, 5.41) is 5.48. The molecular weight excluding hydrogens is 601 g/mol. The molecule has 7 aromatic rings. The number of ether oxygens (including phenoxy) is 2. The molecule has 0 fully saturated rings. The first-order valence-electron chi connectivity index (χ1n) is 16.6. The average molecular weight is 632 g/mol. The average Bonchev–Trinajstić information content (AvgIpc) is 3.15. The SMILES string of the molecule is Cc1cccc2c1Oc1cccc3c1B2c1cccc(N2c4ccccc4[Si](c4ccccc4)(c4ccccc4)c4ccccc42)c1O3. The number of benzene rings is 7. The number of para-hydroxylation sites is 4. The van der Waals surface area contributed by atoms with E-state index in [-0.39, 0.29) is 6.71 Å². The summed E-state index contributed by atoms with van der Waals surface area (Å²) < 4.78 is 13.5. The largest absolute Gasteiger partial charge is 0.458 e. The molecule has 3 aliphatic heterocycles. The Bertz CT molecular complexity index is 2300. The van der Waals surface area contributed by atoms with Gasteiger partial charge in [0.2, 0.25) is 0 Å². The van der Waals surface area contributed by atoms with Crippen molar-refractivity contribution in [3.8, 4) is 23.0 Å². The zero-order valence-corrected chi connectivity index (χ0v) is 27.4. The van der Waals surface area contributed by atoms with Gasteiger partial charge in [0.1, 0.15) is 23.0 Å². The van der Waals surface area contributed by atoms with Gasteiger partial charge in [0.25, 0.3) is 6.71 Å². The Balaban J connectivity index is 1.26. The Labute approximate surface area is 281 Å². The highest BCUT2D eigenvalue weighted by atomic mass is 28.3. The molecule has 3 nitrogen and oxygen atoms in total. The lowest BCUT2D eigenvalue weighted by Gasteiger charge is -2.45. The molecular formula is C43H30BNO2Si. The molecule has 3 aliphatic rings. The van der Waals surface area contributed by atoms with Crippen LogP contribution in [0.5, 0.6) is 23.0 Å². The smallest absolute Gasteiger partial charge is 0.260 e. The normalized spacial score (nSPS) is 14.4. The number of hydrogen-bond donors (Lipinski definition) is 0. The molecule has 0 saturated heterocycles. The predicted octanol–water partition coefficient (Wildman–Crippen LogP) is 5.88. The van der Waals surface area contributed by atoms with Gasteiger partial charge in [-0.2, -0.15) is 0 Å². The molecule has 0 atom stereocenters. The maximum Gasteiger partial charge on any atom is 0.260 e. The van der Waals surface area contributed by atoms with Gasteiger partial charge in [0.05, 0.1) is 5.69 Å². The molecule has 226 valence electrons. The van der Waals surface area contributed by atoms with Crippen molar-refractivity contribution in [3.63, 3.8) is 0 Å². The van der Waals surface area contributed by atoms with Crippen LogP contribution >= 0.6 is 0 Å². The zero-order chi connectivity index (χ0) is 31.8. The lowest BCUT2D eigenvalue weighted by molar-refractivity contribution is 0.463. The number of aryl methyl sites for hydroxylation is 1. The van der Waals surface area contributed by atoms with E-state index in [1.54, 1.807) is 0 Å². The predicted molar refractivity (Wildman–Crippen MR) is 201 cm³/mol. The zero-order valence-electron chi connectivity index (χ0n) is 26.4. The summed E-state index contributed by atoms with van der Waals surface area (Å²) in [7, 11) is -2.72. The van der Waals surface area contributed by atoms with Crippen molar-refractivity contribution in [2.75, 3.05) is 4.90 Å². The minimum absolute atomic E-state index is 0.000862. The summed E-state index contributed by atoms with van der Waals surface area (Å²) in [4.78, 5) is 2.45. The summed E-state index contributed by atoms with van der Waals surface area (Å²) in [6, 6.07) is 59.6. The molecule has 3 heterocycles. The Morgan fingerprint density at radius 3 is 1.56 bits per heavy atom. The van der Waals surface area contributed by atoms with Gasteiger partial charge >= 0.3 is 0 Å². The third kappa shape index (κ3) is 3.65. The molecule has 0 amide bonds. The first kappa shape index (κ1) is 27.3. The summed E-state index contributed by atoms with van der Waals surface area (Å²) >= 11 is 0. The van der Waals surface area contributed by atoms with Crippen molar-refractivity contribution >= 4 is 69.0 Å². The lowest BCUT2D eigenvalue weighted by atomic mass is 9.34. The van der Waals surface area contributed by atoms with E-state index in [0.717, 1.165) is 45.2 Å². The van der Waals surface area contributed by atoms with Gasteiger partial charge in [-0.15, -0.1) is 0 Å². The van der Waals surface area contributed by atoms with Gasteiger partial charge in [-0.1, -0.05) is 133 Å². The first-order chi connectivity index (χ1) is 23.7. The van der Waals surface area contributed by atoms with Crippen LogP contribution in [0.4, 0.5) is 17.1 Å². The van der Waals surface area contributed by atoms with Crippen LogP contribution in [0.15, 0.2) is 164 Å². The summed E-state index contributed by atoms with van der Waals surface area (Å²) in [6.07, 6.45) is 0. The molecule has 0 N–H and O–H groups in total. The second kappa shape index (κ2) is 10.4. The lowest BCUT2D eigenvalue weighted by Crippen LogP contribution is -2.77. The van der Waals surface area contributed by atoms with Crippen LogP contribution in [-0.2, 0) is 0 Å². The standard InChI is InChI=1S/C43H30BNO2Si/c1-29-15-12-20-32-42(29)46-37-25-14-26-38-41(37)44(32)33-21-13-24-36(43(33)47-38)45-34-22-8-10-27-39(34)48(30-16-4-2-5-17-30,31-18-6-3-7-19-31)40-28-11-9-23-35(40)45/h2-28H,1H3. The minimum atomic E-state index is -2.72. The van der Waals surface area contributed by atoms with E-state index in [9.17, 15) is 0 Å². The van der Waals surface area contributed by atoms with Crippen LogP contribution in [0, 0.1) is 6.92 Å². The second-order valence-corrected chi connectivity index (χ2v) is 16.6. The number of fused-ring (bicyclic) bond motifs is 6. The van der Waals surface area contributed by atoms with Crippen molar-refractivity contribution < 1.29 is 9.47 Å². The quantitative estimate of drug-likeness (QED) is 0.228. The summed E-state index contributed by atoms with van der Waals surface area (Å²) in [6.45, 7) is 2.13. The number of rotatable bonds is 3. The monoisotopic (exact) mass is 631 g/mol. The second-order valence-electron chi connectivity index (χ2n) is 12.8. The van der Waals surface area contributed by atoms with E-state index in [1.807, 2.05) is 6.07 Å². The molecule has 0 unspecified atom stereocenters. The van der Waals surface area contributed by atoms with E-state index >= 15 is 0 Å². The molecule has 0 bridgehead atoms. The van der Waals surface area contributed by atoms with Gasteiger partial charge in [-0.25, -0.2) is 0 Å². The van der Waals surface area contributed by atoms with Crippen molar-refractivity contribution in [2.24, 2.45) is 0 Å². The van der Waals surface area contributed by atoms with Crippen LogP contribution in [0.3, 0.4) is 0 Å². The van der Waals surface area contributed by atoms with Crippen molar-refractivity contribution in [1.82, 2.24) is 0 Å². The van der Waals surface area contributed by atoms with Crippen molar-refractivity contribution in [2.45, 2.75) is 6.92 Å². The molecule has 5 heteroatoms. The molecule has 0 aromatic heterocycles. The fraction of sp³-hybridized carbons (Fsp3) is 0.0233. The first-order valence-corrected chi connectivity index (χ1v) is 18.6. The highest BCUT2D eigenvalue weighted by molar-refractivity contribution is 7.21. The van der Waals surface area contributed by atoms with E-state index in [4.69, 9.17) is 9.47 Å². The van der Waals surface area contributed by atoms with E-state index < -0.39 is 8.07 Å². The van der Waals surface area contributed by atoms with Crippen LogP contribution in [0.2, 0.25) is 0 Å². The van der Waals surface area contributed by atoms with Crippen LogP contribution in [0.1, 0.15) is 5.56 Å². The van der Waals surface area contributed by atoms with E-state index in [1.165, 1.54) is 37.6 Å². The highest BCUT2D eigenvalue weighted by Crippen LogP contribution is 2.45. The molecule has 0 radical (unpaired) electrons. The summed E-state index contributed by atoms with van der Waals surface area (Å²) in [5.41, 5.74) is 7.97. The van der Waals surface area contributed by atoms with Gasteiger partial charge in [0.15, 0.2) is 8.07 Å². The van der Waals surface area contributed by atoms with Gasteiger partial charge in [-0.3, -0.25) is 0 Å². The van der Waals surface area contributed by atoms with Gasteiger partial charge in [0, 0.05) is 16.8 Å². The maximum atomic E-state index is 6.99. The maximum absolute atomic E-state index is 6.99. The fourth-order valence-electron chi connectivity index (χ4n) is 8.45. The number of hydrogen-bond acceptors (Lipinski definition) is 3. The third-order valence-corrected chi connectivity index (χ3v) is 15.2. The number of anilines is 3. The summed E-state index contributed by atoms with van der Waals surface area (Å²) in [5.74, 6) is 3.55. The molecule has 0 saturated carbocycles. The molecule has 7 aromatic carbocycles. The molecule has 0 spiro atoms. The van der Waals surface area contributed by atoms with Crippen LogP contribution in [0.25, 0.3) is 0 Å². The Morgan fingerprint density at radius 2 is 0.938 bits per heavy atom. The van der Waals surface area contributed by atoms with Crippen LogP contribution < -0.4 is 51.5 Å². The fourth-order valence-corrected chi connectivity index (χ4v) is 13.6. The van der Waals surface area contributed by atoms with Gasteiger partial charge < -0.3 is 14.4 Å². The molecule has 10 rings (SSSR count). The van der Waals surface area contributed by atoms with E-state index in [0.29, 0.717) is 0 Å². The van der Waals surface area contributed by atoms with Gasteiger partial charge in [-0.05, 0) is 74.5 Å².